The lowest BCUT2D eigenvalue weighted by Crippen LogP contribution is -2.27. The standard InChI is InChI=1S/C14H14ClNO/c15-9-5-4-8-6-13-10(12(8)7-9)2-1-3-11(13)14(16)17/h4-5,7,11H,1-3,6H2,(H2,16,17)/t11-/m0/s1/i1D2,2D2,3D2. The normalized spacial score (nSPS) is 36.4. The fraction of sp³-hybridized carbons (Fsp3) is 0.357. The van der Waals surface area contributed by atoms with E-state index in [1.807, 2.05) is 0 Å². The van der Waals surface area contributed by atoms with Crippen LogP contribution in [0.3, 0.4) is 0 Å². The number of primary amides is 1. The number of allylic oxidation sites excluding steroid dienone is 1. The molecule has 1 aromatic rings. The maximum atomic E-state index is 11.9. The molecule has 0 saturated heterocycles. The second-order valence-corrected chi connectivity index (χ2v) is 4.54. The van der Waals surface area contributed by atoms with E-state index in [-0.39, 0.29) is 17.6 Å². The Hall–Kier alpha value is -1.28. The number of hydrogen-bond donors (Lipinski definition) is 1. The third-order valence-electron chi connectivity index (χ3n) is 3.08. The van der Waals surface area contributed by atoms with Crippen molar-refractivity contribution in [2.24, 2.45) is 11.7 Å². The van der Waals surface area contributed by atoms with Gasteiger partial charge in [0, 0.05) is 13.2 Å². The smallest absolute Gasteiger partial charge is 0.224 e. The number of hydrogen-bond acceptors (Lipinski definition) is 1. The summed E-state index contributed by atoms with van der Waals surface area (Å²) < 4.78 is 48.7. The summed E-state index contributed by atoms with van der Waals surface area (Å²) in [5.74, 6) is -2.52. The topological polar surface area (TPSA) is 43.1 Å². The second kappa shape index (κ2) is 3.88. The molecule has 2 nitrogen and oxygen atoms in total. The van der Waals surface area contributed by atoms with Crippen molar-refractivity contribution in [2.75, 3.05) is 0 Å². The second-order valence-electron chi connectivity index (χ2n) is 4.11. The van der Waals surface area contributed by atoms with Gasteiger partial charge in [0.25, 0.3) is 0 Å². The minimum Gasteiger partial charge on any atom is -0.369 e. The molecule has 0 unspecified atom stereocenters. The number of benzene rings is 1. The van der Waals surface area contributed by atoms with E-state index >= 15 is 0 Å². The SMILES string of the molecule is [2H]C1([2H])C2=C(Cc3ccc(Cl)cc32)[C@@H](C(N)=O)C([2H])([2H])C1([2H])[2H]. The number of halogens is 1. The lowest BCUT2D eigenvalue weighted by atomic mass is 9.82. The monoisotopic (exact) mass is 253 g/mol. The third-order valence-corrected chi connectivity index (χ3v) is 3.32. The van der Waals surface area contributed by atoms with Crippen LogP contribution in [0.15, 0.2) is 23.8 Å². The Morgan fingerprint density at radius 3 is 3.12 bits per heavy atom. The fourth-order valence-electron chi connectivity index (χ4n) is 2.30. The zero-order chi connectivity index (χ0) is 17.4. The summed E-state index contributed by atoms with van der Waals surface area (Å²) in [6.45, 7) is 0. The number of nitrogens with two attached hydrogens (primary N) is 1. The summed E-state index contributed by atoms with van der Waals surface area (Å²) in [5, 5.41) is 0.359. The van der Waals surface area contributed by atoms with Gasteiger partial charge in [-0.2, -0.15) is 0 Å². The van der Waals surface area contributed by atoms with Gasteiger partial charge < -0.3 is 5.73 Å². The molecule has 2 aliphatic carbocycles. The molecular weight excluding hydrogens is 234 g/mol. The summed E-state index contributed by atoms with van der Waals surface area (Å²) in [6.07, 6.45) is -8.15. The Morgan fingerprint density at radius 1 is 1.53 bits per heavy atom. The van der Waals surface area contributed by atoms with Crippen LogP contribution in [0.4, 0.5) is 0 Å². The van der Waals surface area contributed by atoms with Crippen molar-refractivity contribution in [1.82, 2.24) is 0 Å². The maximum absolute atomic E-state index is 11.9. The molecule has 0 heterocycles. The highest BCUT2D eigenvalue weighted by Gasteiger charge is 2.32. The molecular formula is C14H14ClNO. The van der Waals surface area contributed by atoms with Crippen molar-refractivity contribution in [3.63, 3.8) is 0 Å². The lowest BCUT2D eigenvalue weighted by molar-refractivity contribution is -0.121. The van der Waals surface area contributed by atoms with E-state index in [9.17, 15) is 4.79 Å². The molecule has 0 saturated carbocycles. The van der Waals surface area contributed by atoms with Crippen molar-refractivity contribution in [1.29, 1.82) is 0 Å². The first-order valence-electron chi connectivity index (χ1n) is 8.24. The summed E-state index contributed by atoms with van der Waals surface area (Å²) >= 11 is 5.97. The van der Waals surface area contributed by atoms with Gasteiger partial charge in [0.1, 0.15) is 0 Å². The first-order valence-corrected chi connectivity index (χ1v) is 5.62. The Morgan fingerprint density at radius 2 is 2.35 bits per heavy atom. The lowest BCUT2D eigenvalue weighted by Gasteiger charge is -2.22. The van der Waals surface area contributed by atoms with Gasteiger partial charge in [-0.25, -0.2) is 0 Å². The van der Waals surface area contributed by atoms with E-state index < -0.39 is 30.9 Å². The number of carbonyl (C=O) groups is 1. The predicted octanol–water partition coefficient (Wildman–Crippen LogP) is 2.94. The summed E-state index contributed by atoms with van der Waals surface area (Å²) in [6, 6.07) is 4.82. The Bertz CT molecular complexity index is 758. The first kappa shape index (κ1) is 6.05. The van der Waals surface area contributed by atoms with Gasteiger partial charge in [-0.05, 0) is 59.9 Å². The predicted molar refractivity (Wildman–Crippen MR) is 68.6 cm³/mol. The molecule has 17 heavy (non-hydrogen) atoms. The molecule has 1 amide bonds. The van der Waals surface area contributed by atoms with Gasteiger partial charge in [-0.3, -0.25) is 4.79 Å². The van der Waals surface area contributed by atoms with Crippen molar-refractivity contribution in [3.05, 3.63) is 39.9 Å². The summed E-state index contributed by atoms with van der Waals surface area (Å²) in [4.78, 5) is 11.9. The Kier molecular flexibility index (Phi) is 1.38. The average Bonchev–Trinajstić information content (AvgIpc) is 2.74. The number of rotatable bonds is 1. The van der Waals surface area contributed by atoms with E-state index in [1.165, 1.54) is 6.07 Å². The van der Waals surface area contributed by atoms with E-state index in [2.05, 4.69) is 0 Å². The zero-order valence-corrected chi connectivity index (χ0v) is 9.64. The number of carbonyl (C=O) groups excluding carboxylic acids is 1. The number of amides is 1. The quantitative estimate of drug-likeness (QED) is 0.822. The molecule has 1 aromatic carbocycles. The Balaban J connectivity index is 2.36. The third kappa shape index (κ3) is 1.67. The van der Waals surface area contributed by atoms with Crippen LogP contribution < -0.4 is 5.73 Å². The van der Waals surface area contributed by atoms with Crippen molar-refractivity contribution >= 4 is 23.1 Å². The van der Waals surface area contributed by atoms with Crippen LogP contribution in [0.2, 0.25) is 5.02 Å². The molecule has 0 aliphatic heterocycles. The molecule has 0 bridgehead atoms. The highest BCUT2D eigenvalue weighted by Crippen LogP contribution is 2.44. The first-order chi connectivity index (χ1) is 10.4. The summed E-state index contributed by atoms with van der Waals surface area (Å²) in [7, 11) is 0. The largest absolute Gasteiger partial charge is 0.369 e. The zero-order valence-electron chi connectivity index (χ0n) is 14.9. The maximum Gasteiger partial charge on any atom is 0.224 e. The molecule has 88 valence electrons. The van der Waals surface area contributed by atoms with Crippen LogP contribution in [-0.2, 0) is 11.2 Å². The van der Waals surface area contributed by atoms with Gasteiger partial charge in [0.05, 0.1) is 5.92 Å². The summed E-state index contributed by atoms with van der Waals surface area (Å²) in [5.41, 5.74) is 6.66. The van der Waals surface area contributed by atoms with Crippen LogP contribution in [0.5, 0.6) is 0 Å². The van der Waals surface area contributed by atoms with Crippen LogP contribution in [0, 0.1) is 5.92 Å². The minimum absolute atomic E-state index is 0.000995. The van der Waals surface area contributed by atoms with Crippen molar-refractivity contribution in [3.8, 4) is 0 Å². The van der Waals surface area contributed by atoms with Crippen LogP contribution in [0.25, 0.3) is 5.57 Å². The molecule has 0 aromatic heterocycles. The molecule has 0 spiro atoms. The van der Waals surface area contributed by atoms with E-state index in [0.717, 1.165) is 0 Å². The van der Waals surface area contributed by atoms with E-state index in [0.29, 0.717) is 16.1 Å². The molecule has 1 atom stereocenters. The van der Waals surface area contributed by atoms with Crippen molar-refractivity contribution < 1.29 is 13.0 Å². The van der Waals surface area contributed by atoms with Crippen LogP contribution in [-0.4, -0.2) is 5.91 Å². The molecule has 2 N–H and O–H groups in total. The van der Waals surface area contributed by atoms with E-state index in [1.54, 1.807) is 12.1 Å². The van der Waals surface area contributed by atoms with Gasteiger partial charge in [-0.15, -0.1) is 0 Å². The molecule has 0 fully saturated rings. The molecule has 3 heteroatoms. The minimum atomic E-state index is -2.93. The molecule has 3 rings (SSSR count). The fourth-order valence-corrected chi connectivity index (χ4v) is 2.47. The van der Waals surface area contributed by atoms with Crippen LogP contribution >= 0.6 is 11.6 Å². The van der Waals surface area contributed by atoms with Crippen molar-refractivity contribution in [2.45, 2.75) is 25.5 Å². The van der Waals surface area contributed by atoms with Gasteiger partial charge >= 0.3 is 0 Å². The highest BCUT2D eigenvalue weighted by molar-refractivity contribution is 6.30. The van der Waals surface area contributed by atoms with Gasteiger partial charge in [-0.1, -0.05) is 17.7 Å². The van der Waals surface area contributed by atoms with Gasteiger partial charge in [0.2, 0.25) is 5.91 Å². The van der Waals surface area contributed by atoms with Crippen LogP contribution in [0.1, 0.15) is 38.5 Å². The Labute approximate surface area is 114 Å². The van der Waals surface area contributed by atoms with Gasteiger partial charge in [0.15, 0.2) is 0 Å². The van der Waals surface area contributed by atoms with E-state index in [4.69, 9.17) is 25.6 Å². The average molecular weight is 254 g/mol. The molecule has 0 radical (unpaired) electrons. The number of fused-ring (bicyclic) bond motifs is 2. The highest BCUT2D eigenvalue weighted by atomic mass is 35.5. The molecule has 2 aliphatic rings.